The van der Waals surface area contributed by atoms with Gasteiger partial charge in [-0.3, -0.25) is 14.5 Å². The Morgan fingerprint density at radius 2 is 1.74 bits per heavy atom. The molecule has 1 aromatic carbocycles. The Balaban J connectivity index is 0.00000129. The fraction of sp³-hybridized carbons (Fsp3) is 0.520. The first kappa shape index (κ1) is 31.7. The van der Waals surface area contributed by atoms with Gasteiger partial charge in [-0.2, -0.15) is 0 Å². The molecular weight excluding hydrogens is 451 g/mol. The summed E-state index contributed by atoms with van der Waals surface area (Å²) in [5, 5.41) is 10.7. The molecule has 2 amide bonds. The van der Waals surface area contributed by atoms with Gasteiger partial charge in [-0.25, -0.2) is 14.4 Å². The number of nitrogens with two attached hydrogens (primary N) is 1. The Morgan fingerprint density at radius 3 is 2.23 bits per heavy atom. The third kappa shape index (κ3) is 8.17. The molecule has 3 rings (SSSR count). The number of guanidine groups is 1. The van der Waals surface area contributed by atoms with Gasteiger partial charge in [0.15, 0.2) is 11.8 Å². The number of carbonyl (C=O) groups is 2. The van der Waals surface area contributed by atoms with E-state index in [1.807, 2.05) is 27.7 Å². The number of imidazole rings is 1. The second kappa shape index (κ2) is 14.2. The van der Waals surface area contributed by atoms with Crippen molar-refractivity contribution in [2.24, 2.45) is 23.2 Å². The van der Waals surface area contributed by atoms with E-state index in [1.54, 1.807) is 45.5 Å². The molecule has 0 aliphatic carbocycles. The minimum absolute atomic E-state index is 0.0196. The standard InChI is InChI=1S/C18H21FN6O2.C3H8O.2C2H6/c1-18(2)13(23-17(20)25(4)16(18)27)11-9-10(5-6-12(11)19)22-15(26)14-21-7-8-24(14)3;1-3(2)4;2*1-2/h5-9,13H,1-4H3,(H2,20,23)(H,22,26);3-4H,1-2H3;2*1-2H3. The molecule has 196 valence electrons. The van der Waals surface area contributed by atoms with E-state index in [9.17, 15) is 14.0 Å². The van der Waals surface area contributed by atoms with Crippen LogP contribution in [0.15, 0.2) is 35.6 Å². The largest absolute Gasteiger partial charge is 0.394 e. The molecule has 35 heavy (non-hydrogen) atoms. The van der Waals surface area contributed by atoms with E-state index in [0.717, 1.165) is 0 Å². The number of rotatable bonds is 3. The van der Waals surface area contributed by atoms with Crippen molar-refractivity contribution in [1.29, 1.82) is 0 Å². The Hall–Kier alpha value is -3.27. The Labute approximate surface area is 208 Å². The number of hydrogen-bond acceptors (Lipinski definition) is 6. The molecule has 0 radical (unpaired) electrons. The van der Waals surface area contributed by atoms with Crippen LogP contribution in [0, 0.1) is 11.2 Å². The lowest BCUT2D eigenvalue weighted by molar-refractivity contribution is -0.137. The molecule has 2 heterocycles. The van der Waals surface area contributed by atoms with Crippen LogP contribution in [-0.4, -0.2) is 50.5 Å². The van der Waals surface area contributed by atoms with Crippen molar-refractivity contribution >= 4 is 23.5 Å². The van der Waals surface area contributed by atoms with E-state index >= 15 is 0 Å². The van der Waals surface area contributed by atoms with Crippen molar-refractivity contribution in [2.75, 3.05) is 12.4 Å². The minimum Gasteiger partial charge on any atom is -0.394 e. The number of aliphatic hydroxyl groups excluding tert-OH is 1. The van der Waals surface area contributed by atoms with Gasteiger partial charge in [0.05, 0.1) is 11.5 Å². The lowest BCUT2D eigenvalue weighted by Crippen LogP contribution is -2.51. The molecule has 10 heteroatoms. The fourth-order valence-corrected chi connectivity index (χ4v) is 3.09. The maximum Gasteiger partial charge on any atom is 0.291 e. The molecule has 2 aromatic rings. The van der Waals surface area contributed by atoms with Crippen LogP contribution in [0.2, 0.25) is 0 Å². The van der Waals surface area contributed by atoms with Crippen LogP contribution in [0.1, 0.15) is 77.6 Å². The zero-order valence-corrected chi connectivity index (χ0v) is 22.5. The third-order valence-corrected chi connectivity index (χ3v) is 4.72. The van der Waals surface area contributed by atoms with E-state index in [4.69, 9.17) is 10.8 Å². The first-order valence-electron chi connectivity index (χ1n) is 11.7. The summed E-state index contributed by atoms with van der Waals surface area (Å²) in [6.07, 6.45) is 2.99. The molecule has 9 nitrogen and oxygen atoms in total. The highest BCUT2D eigenvalue weighted by atomic mass is 19.1. The SMILES string of the molecule is CC.CC.CC(C)O.CN1C(=O)C(C)(C)C(c2cc(NC(=O)c3nccn3C)ccc2F)N=C1N. The maximum absolute atomic E-state index is 14.6. The van der Waals surface area contributed by atoms with Crippen LogP contribution in [0.4, 0.5) is 10.1 Å². The number of carbonyl (C=O) groups excluding carboxylic acids is 2. The normalized spacial score (nSPS) is 16.0. The zero-order valence-electron chi connectivity index (χ0n) is 22.5. The number of aromatic nitrogens is 2. The number of nitrogens with one attached hydrogen (secondary N) is 1. The lowest BCUT2D eigenvalue weighted by atomic mass is 9.78. The smallest absolute Gasteiger partial charge is 0.291 e. The summed E-state index contributed by atoms with van der Waals surface area (Å²) in [7, 11) is 3.22. The summed E-state index contributed by atoms with van der Waals surface area (Å²) in [6.45, 7) is 14.8. The van der Waals surface area contributed by atoms with Crippen molar-refractivity contribution in [3.63, 3.8) is 0 Å². The summed E-state index contributed by atoms with van der Waals surface area (Å²) < 4.78 is 16.1. The number of hydrogen-bond donors (Lipinski definition) is 3. The van der Waals surface area contributed by atoms with E-state index in [0.29, 0.717) is 5.69 Å². The summed E-state index contributed by atoms with van der Waals surface area (Å²) in [4.78, 5) is 34.5. The minimum atomic E-state index is -0.999. The number of aryl methyl sites for hydroxylation is 1. The van der Waals surface area contributed by atoms with Gasteiger partial charge in [0.25, 0.3) is 5.91 Å². The molecule has 0 fully saturated rings. The molecule has 1 unspecified atom stereocenters. The van der Waals surface area contributed by atoms with Crippen molar-refractivity contribution in [2.45, 2.75) is 67.5 Å². The van der Waals surface area contributed by atoms with Crippen LogP contribution in [0.3, 0.4) is 0 Å². The van der Waals surface area contributed by atoms with Gasteiger partial charge < -0.3 is 20.7 Å². The lowest BCUT2D eigenvalue weighted by Gasteiger charge is -2.38. The van der Waals surface area contributed by atoms with Gasteiger partial charge in [0.2, 0.25) is 5.91 Å². The zero-order chi connectivity index (χ0) is 27.5. The molecule has 1 aliphatic rings. The quantitative estimate of drug-likeness (QED) is 0.595. The molecule has 0 spiro atoms. The van der Waals surface area contributed by atoms with Crippen LogP contribution >= 0.6 is 0 Å². The van der Waals surface area contributed by atoms with E-state index in [-0.39, 0.29) is 29.4 Å². The Morgan fingerprint density at radius 1 is 1.20 bits per heavy atom. The number of aliphatic imine (C=N–C) groups is 1. The van der Waals surface area contributed by atoms with Crippen molar-refractivity contribution in [3.05, 3.63) is 47.8 Å². The van der Waals surface area contributed by atoms with Gasteiger partial charge in [0, 0.05) is 43.8 Å². The maximum atomic E-state index is 14.6. The van der Waals surface area contributed by atoms with Crippen molar-refractivity contribution in [1.82, 2.24) is 14.5 Å². The average Bonchev–Trinajstić information content (AvgIpc) is 3.25. The van der Waals surface area contributed by atoms with Crippen LogP contribution in [-0.2, 0) is 11.8 Å². The number of benzene rings is 1. The third-order valence-electron chi connectivity index (χ3n) is 4.72. The van der Waals surface area contributed by atoms with Gasteiger partial charge in [0.1, 0.15) is 5.82 Å². The van der Waals surface area contributed by atoms with Gasteiger partial charge in [-0.05, 0) is 45.9 Å². The van der Waals surface area contributed by atoms with Crippen LogP contribution < -0.4 is 11.1 Å². The summed E-state index contributed by atoms with van der Waals surface area (Å²) in [5.41, 5.74) is 5.37. The number of aliphatic hydroxyl groups is 1. The molecule has 1 aliphatic heterocycles. The van der Waals surface area contributed by atoms with Gasteiger partial charge in [-0.1, -0.05) is 27.7 Å². The molecule has 4 N–H and O–H groups in total. The first-order chi connectivity index (χ1) is 16.4. The van der Waals surface area contributed by atoms with Crippen molar-refractivity contribution in [3.8, 4) is 0 Å². The topological polar surface area (TPSA) is 126 Å². The average molecular weight is 493 g/mol. The highest BCUT2D eigenvalue weighted by Crippen LogP contribution is 2.42. The monoisotopic (exact) mass is 492 g/mol. The second-order valence-corrected chi connectivity index (χ2v) is 8.12. The molecular formula is C25H41FN6O3. The summed E-state index contributed by atoms with van der Waals surface area (Å²) >= 11 is 0. The van der Waals surface area contributed by atoms with Crippen LogP contribution in [0.5, 0.6) is 0 Å². The molecule has 0 bridgehead atoms. The summed E-state index contributed by atoms with van der Waals surface area (Å²) in [6, 6.07) is 3.33. The molecule has 1 aromatic heterocycles. The fourth-order valence-electron chi connectivity index (χ4n) is 3.09. The Bertz CT molecular complexity index is 998. The Kier molecular flexibility index (Phi) is 12.9. The molecule has 0 saturated carbocycles. The van der Waals surface area contributed by atoms with Gasteiger partial charge >= 0.3 is 0 Å². The van der Waals surface area contributed by atoms with Crippen LogP contribution in [0.25, 0.3) is 0 Å². The number of anilines is 1. The predicted molar refractivity (Wildman–Crippen MR) is 139 cm³/mol. The van der Waals surface area contributed by atoms with E-state index in [2.05, 4.69) is 15.3 Å². The van der Waals surface area contributed by atoms with Gasteiger partial charge in [-0.15, -0.1) is 0 Å². The van der Waals surface area contributed by atoms with E-state index in [1.165, 1.54) is 36.3 Å². The first-order valence-corrected chi connectivity index (χ1v) is 11.7. The number of amides is 2. The molecule has 1 atom stereocenters. The number of nitrogens with zero attached hydrogens (tertiary/aromatic N) is 4. The highest BCUT2D eigenvalue weighted by molar-refractivity contribution is 6.02. The number of halogens is 1. The second-order valence-electron chi connectivity index (χ2n) is 8.12. The van der Waals surface area contributed by atoms with E-state index < -0.39 is 23.2 Å². The predicted octanol–water partition coefficient (Wildman–Crippen LogP) is 4.11. The van der Waals surface area contributed by atoms with Crippen molar-refractivity contribution < 1.29 is 19.1 Å². The summed E-state index contributed by atoms with van der Waals surface area (Å²) in [5.74, 6) is -0.982. The molecule has 0 saturated heterocycles. The highest BCUT2D eigenvalue weighted by Gasteiger charge is 2.45.